The van der Waals surface area contributed by atoms with Crippen LogP contribution < -0.4 is 0 Å². The first kappa shape index (κ1) is 16.9. The fraction of sp³-hybridized carbons (Fsp3) is 0. The maximum Gasteiger partial charge on any atom is 0.0782 e. The SMILES string of the molecule is Brc1cc(/C=C/c2ccc(-c3ccc(-c4cccs4)s3)s2)c(Br)s1. The molecule has 4 heterocycles. The van der Waals surface area contributed by atoms with Gasteiger partial charge in [0.25, 0.3) is 0 Å². The predicted octanol–water partition coefficient (Wildman–Crippen LogP) is 8.96. The van der Waals surface area contributed by atoms with Crippen LogP contribution in [0.3, 0.4) is 0 Å². The van der Waals surface area contributed by atoms with Gasteiger partial charge < -0.3 is 0 Å². The molecule has 4 rings (SSSR count). The summed E-state index contributed by atoms with van der Waals surface area (Å²) in [5.41, 5.74) is 1.21. The van der Waals surface area contributed by atoms with Crippen molar-refractivity contribution >= 4 is 89.4 Å². The van der Waals surface area contributed by atoms with Crippen LogP contribution in [-0.4, -0.2) is 0 Å². The van der Waals surface area contributed by atoms with Crippen molar-refractivity contribution in [3.63, 3.8) is 0 Å². The van der Waals surface area contributed by atoms with Crippen molar-refractivity contribution in [1.82, 2.24) is 0 Å². The summed E-state index contributed by atoms with van der Waals surface area (Å²) in [5.74, 6) is 0. The van der Waals surface area contributed by atoms with E-state index in [4.69, 9.17) is 0 Å². The molecule has 0 nitrogen and oxygen atoms in total. The van der Waals surface area contributed by atoms with Gasteiger partial charge >= 0.3 is 0 Å². The predicted molar refractivity (Wildman–Crippen MR) is 120 cm³/mol. The van der Waals surface area contributed by atoms with E-state index in [9.17, 15) is 0 Å². The summed E-state index contributed by atoms with van der Waals surface area (Å²) >= 11 is 14.3. The highest BCUT2D eigenvalue weighted by molar-refractivity contribution is 9.12. The molecule has 0 saturated heterocycles. The van der Waals surface area contributed by atoms with Gasteiger partial charge in [0.1, 0.15) is 0 Å². The second kappa shape index (κ2) is 7.40. The van der Waals surface area contributed by atoms with Crippen molar-refractivity contribution in [1.29, 1.82) is 0 Å². The number of halogens is 2. The fourth-order valence-electron chi connectivity index (χ4n) is 2.23. The van der Waals surface area contributed by atoms with Crippen LogP contribution in [-0.2, 0) is 0 Å². The maximum atomic E-state index is 3.60. The van der Waals surface area contributed by atoms with Gasteiger partial charge in [-0.1, -0.05) is 12.1 Å². The molecule has 0 aliphatic heterocycles. The van der Waals surface area contributed by atoms with E-state index in [2.05, 4.69) is 91.9 Å². The van der Waals surface area contributed by atoms with E-state index in [1.165, 1.54) is 29.9 Å². The van der Waals surface area contributed by atoms with Gasteiger partial charge in [-0.15, -0.1) is 45.3 Å². The third kappa shape index (κ3) is 3.69. The first-order chi connectivity index (χ1) is 11.7. The Morgan fingerprint density at radius 3 is 2.21 bits per heavy atom. The van der Waals surface area contributed by atoms with Gasteiger partial charge in [0.15, 0.2) is 0 Å². The molecule has 4 aromatic heterocycles. The first-order valence-electron chi connectivity index (χ1n) is 7.06. The molecule has 0 spiro atoms. The molecule has 0 radical (unpaired) electrons. The second-order valence-corrected chi connectivity index (χ2v) is 11.9. The number of hydrogen-bond acceptors (Lipinski definition) is 4. The minimum absolute atomic E-state index is 1.14. The zero-order valence-corrected chi connectivity index (χ0v) is 18.6. The minimum Gasteiger partial charge on any atom is -0.143 e. The minimum atomic E-state index is 1.14. The van der Waals surface area contributed by atoms with E-state index in [0.717, 1.165) is 7.57 Å². The number of thiophene rings is 4. The zero-order chi connectivity index (χ0) is 16.5. The van der Waals surface area contributed by atoms with Gasteiger partial charge in [-0.25, -0.2) is 0 Å². The number of hydrogen-bond donors (Lipinski definition) is 0. The Balaban J connectivity index is 1.56. The second-order valence-electron chi connectivity index (χ2n) is 4.96. The lowest BCUT2D eigenvalue weighted by molar-refractivity contribution is 1.82. The summed E-state index contributed by atoms with van der Waals surface area (Å²) in [6, 6.07) is 15.3. The molecule has 0 aliphatic rings. The Kier molecular flexibility index (Phi) is 5.22. The highest BCUT2D eigenvalue weighted by Gasteiger charge is 2.08. The summed E-state index contributed by atoms with van der Waals surface area (Å²) < 4.78 is 2.29. The van der Waals surface area contributed by atoms with Gasteiger partial charge in [0, 0.05) is 29.9 Å². The van der Waals surface area contributed by atoms with Gasteiger partial charge in [-0.05, 0) is 79.7 Å². The van der Waals surface area contributed by atoms with Gasteiger partial charge in [0.2, 0.25) is 0 Å². The van der Waals surface area contributed by atoms with E-state index in [0.29, 0.717) is 0 Å². The van der Waals surface area contributed by atoms with Crippen LogP contribution in [0.2, 0.25) is 0 Å². The van der Waals surface area contributed by atoms with Crippen LogP contribution in [0.4, 0.5) is 0 Å². The van der Waals surface area contributed by atoms with Gasteiger partial charge in [-0.2, -0.15) is 0 Å². The van der Waals surface area contributed by atoms with Crippen LogP contribution in [0.1, 0.15) is 10.4 Å². The highest BCUT2D eigenvalue weighted by Crippen LogP contribution is 2.39. The molecule has 4 aromatic rings. The van der Waals surface area contributed by atoms with Crippen LogP contribution in [0.5, 0.6) is 0 Å². The first-order valence-corrected chi connectivity index (χ1v) is 12.0. The lowest BCUT2D eigenvalue weighted by Gasteiger charge is -1.91. The monoisotopic (exact) mass is 512 g/mol. The molecule has 120 valence electrons. The molecule has 0 amide bonds. The smallest absolute Gasteiger partial charge is 0.0782 e. The number of rotatable bonds is 4. The standard InChI is InChI=1S/C18H10Br2S4/c19-17-10-11(18(20)24-17)3-4-12-5-6-15(22-12)16-8-7-14(23-16)13-2-1-9-21-13/h1-10H/b4-3+. The molecule has 0 aromatic carbocycles. The van der Waals surface area contributed by atoms with Crippen molar-refractivity contribution in [2.75, 3.05) is 0 Å². The van der Waals surface area contributed by atoms with Crippen molar-refractivity contribution in [3.05, 3.63) is 65.9 Å². The highest BCUT2D eigenvalue weighted by atomic mass is 79.9. The summed E-state index contributed by atoms with van der Waals surface area (Å²) in [6.07, 6.45) is 4.34. The molecule has 0 N–H and O–H groups in total. The molecule has 6 heteroatoms. The average molecular weight is 514 g/mol. The van der Waals surface area contributed by atoms with Crippen LogP contribution >= 0.6 is 77.2 Å². The molecule has 0 fully saturated rings. The van der Waals surface area contributed by atoms with Crippen molar-refractivity contribution < 1.29 is 0 Å². The van der Waals surface area contributed by atoms with Crippen molar-refractivity contribution in [2.24, 2.45) is 0 Å². The summed E-state index contributed by atoms with van der Waals surface area (Å²) in [7, 11) is 0. The largest absolute Gasteiger partial charge is 0.143 e. The molecular formula is C18H10Br2S4. The lowest BCUT2D eigenvalue weighted by atomic mass is 10.3. The van der Waals surface area contributed by atoms with E-state index < -0.39 is 0 Å². The molecule has 24 heavy (non-hydrogen) atoms. The Bertz CT molecular complexity index is 986. The Labute approximate surface area is 173 Å². The maximum absolute atomic E-state index is 3.60. The van der Waals surface area contributed by atoms with Gasteiger partial charge in [-0.3, -0.25) is 0 Å². The van der Waals surface area contributed by atoms with Gasteiger partial charge in [0.05, 0.1) is 7.57 Å². The molecular weight excluding hydrogens is 504 g/mol. The van der Waals surface area contributed by atoms with E-state index in [-0.39, 0.29) is 0 Å². The summed E-state index contributed by atoms with van der Waals surface area (Å²) in [6.45, 7) is 0. The van der Waals surface area contributed by atoms with Crippen LogP contribution in [0.15, 0.2) is 55.4 Å². The van der Waals surface area contributed by atoms with Crippen molar-refractivity contribution in [2.45, 2.75) is 0 Å². The normalized spacial score (nSPS) is 11.6. The topological polar surface area (TPSA) is 0 Å². The summed E-state index contributed by atoms with van der Waals surface area (Å²) in [4.78, 5) is 6.62. The molecule has 0 bridgehead atoms. The third-order valence-electron chi connectivity index (χ3n) is 3.35. The van der Waals surface area contributed by atoms with E-state index in [1.807, 2.05) is 22.7 Å². The third-order valence-corrected chi connectivity index (χ3v) is 9.13. The quantitative estimate of drug-likeness (QED) is 0.255. The Morgan fingerprint density at radius 1 is 0.750 bits per heavy atom. The average Bonchev–Trinajstić information content (AvgIpc) is 3.33. The fourth-order valence-corrected chi connectivity index (χ4v) is 7.83. The van der Waals surface area contributed by atoms with Crippen LogP contribution in [0, 0.1) is 0 Å². The summed E-state index contributed by atoms with van der Waals surface area (Å²) in [5, 5.41) is 2.13. The van der Waals surface area contributed by atoms with E-state index in [1.54, 1.807) is 22.7 Å². The van der Waals surface area contributed by atoms with Crippen LogP contribution in [0.25, 0.3) is 31.7 Å². The molecule has 0 saturated carbocycles. The van der Waals surface area contributed by atoms with E-state index >= 15 is 0 Å². The Morgan fingerprint density at radius 2 is 1.50 bits per heavy atom. The molecule has 0 aliphatic carbocycles. The lowest BCUT2D eigenvalue weighted by Crippen LogP contribution is -1.63. The zero-order valence-electron chi connectivity index (χ0n) is 12.2. The van der Waals surface area contributed by atoms with Crippen molar-refractivity contribution in [3.8, 4) is 19.5 Å². The Hall–Kier alpha value is -0.500. The molecule has 0 atom stereocenters. The molecule has 0 unspecified atom stereocenters.